The Morgan fingerprint density at radius 1 is 1.07 bits per heavy atom. The van der Waals surface area contributed by atoms with Gasteiger partial charge in [-0.25, -0.2) is 4.98 Å². The zero-order valence-electron chi connectivity index (χ0n) is 24.7. The molecule has 3 aromatic carbocycles. The van der Waals surface area contributed by atoms with Crippen LogP contribution in [0.15, 0.2) is 60.7 Å². The van der Waals surface area contributed by atoms with E-state index >= 15 is 0 Å². The number of alkyl halides is 3. The van der Waals surface area contributed by atoms with Crippen LogP contribution in [0.5, 0.6) is 5.75 Å². The van der Waals surface area contributed by atoms with Gasteiger partial charge in [-0.05, 0) is 54.3 Å². The summed E-state index contributed by atoms with van der Waals surface area (Å²) in [4.78, 5) is 18.9. The van der Waals surface area contributed by atoms with Gasteiger partial charge in [0.2, 0.25) is 0 Å². The van der Waals surface area contributed by atoms with Crippen molar-refractivity contribution in [1.82, 2.24) is 14.5 Å². The third-order valence-corrected chi connectivity index (χ3v) is 9.36. The maximum absolute atomic E-state index is 13.7. The van der Waals surface area contributed by atoms with Crippen molar-refractivity contribution < 1.29 is 39.2 Å². The van der Waals surface area contributed by atoms with Crippen molar-refractivity contribution in [3.8, 4) is 16.9 Å². The minimum absolute atomic E-state index is 0.0884. The fourth-order valence-corrected chi connectivity index (χ4v) is 7.14. The molecule has 3 heterocycles. The molecule has 2 aliphatic heterocycles. The van der Waals surface area contributed by atoms with Crippen molar-refractivity contribution in [2.45, 2.75) is 30.2 Å². The van der Waals surface area contributed by atoms with Crippen LogP contribution in [0.3, 0.4) is 0 Å². The van der Waals surface area contributed by atoms with Crippen molar-refractivity contribution in [3.63, 3.8) is 0 Å². The second kappa shape index (κ2) is 9.19. The van der Waals surface area contributed by atoms with Crippen LogP contribution in [-0.2, 0) is 20.8 Å². The SMILES string of the molecule is [2H]C([2H])([2H])N1C(=O)c2cccc(OS(=O)(=O)C(F)(F)F)c2[C@H]2C[C@@H]1c1nc3ccc(-c4ccc(CP(C)(C)=O)cc4)cc3n12. The van der Waals surface area contributed by atoms with Gasteiger partial charge in [-0.3, -0.25) is 4.79 Å². The van der Waals surface area contributed by atoms with Gasteiger partial charge < -0.3 is 18.2 Å². The molecule has 13 heteroatoms. The highest BCUT2D eigenvalue weighted by Gasteiger charge is 2.50. The monoisotopic (exact) mass is 606 g/mol. The zero-order chi connectivity index (χ0) is 32.0. The number of fused-ring (bicyclic) bond motifs is 9. The van der Waals surface area contributed by atoms with Crippen LogP contribution in [0.1, 0.15) is 49.9 Å². The smallest absolute Gasteiger partial charge is 0.376 e. The Balaban J connectivity index is 1.54. The average molecular weight is 607 g/mol. The Morgan fingerprint density at radius 2 is 1.78 bits per heavy atom. The second-order valence-electron chi connectivity index (χ2n) is 10.6. The van der Waals surface area contributed by atoms with Crippen LogP contribution >= 0.6 is 7.14 Å². The predicted molar refractivity (Wildman–Crippen MR) is 148 cm³/mol. The van der Waals surface area contributed by atoms with E-state index in [1.54, 1.807) is 36.1 Å². The van der Waals surface area contributed by atoms with Gasteiger partial charge in [-0.1, -0.05) is 36.4 Å². The van der Waals surface area contributed by atoms with Gasteiger partial charge in [-0.2, -0.15) is 21.6 Å². The van der Waals surface area contributed by atoms with E-state index in [2.05, 4.69) is 9.17 Å². The lowest BCUT2D eigenvalue weighted by Gasteiger charge is -2.24. The summed E-state index contributed by atoms with van der Waals surface area (Å²) >= 11 is 0. The standard InChI is InChI=1S/C28H25F3N3O5PS/c1-33-23-14-22(25-19(27(33)35)5-4-6-24(25)39-41(37,38)28(29,30)31)34-21-13-18(11-12-20(21)32-26(23)34)17-9-7-16(8-10-17)15-40(2,3)36/h4-13,22-23H,14-15H2,1-3H3/t22-,23-/m1/s1/i1D3. The Morgan fingerprint density at radius 3 is 2.44 bits per heavy atom. The van der Waals surface area contributed by atoms with E-state index in [0.29, 0.717) is 22.1 Å². The molecule has 0 N–H and O–H groups in total. The van der Waals surface area contributed by atoms with Gasteiger partial charge in [0, 0.05) is 34.8 Å². The lowest BCUT2D eigenvalue weighted by atomic mass is 9.97. The number of nitrogens with zero attached hydrogens (tertiary/aromatic N) is 3. The summed E-state index contributed by atoms with van der Waals surface area (Å²) in [5.74, 6) is -1.54. The Bertz CT molecular complexity index is 1990. The van der Waals surface area contributed by atoms with E-state index in [9.17, 15) is 30.9 Å². The molecule has 6 rings (SSSR count). The molecule has 2 bridgehead atoms. The summed E-state index contributed by atoms with van der Waals surface area (Å²) < 4.78 is 107. The van der Waals surface area contributed by atoms with E-state index < -0.39 is 53.5 Å². The van der Waals surface area contributed by atoms with Crippen LogP contribution in [0.25, 0.3) is 22.2 Å². The van der Waals surface area contributed by atoms with Gasteiger partial charge in [0.15, 0.2) is 0 Å². The number of hydrogen-bond acceptors (Lipinski definition) is 6. The van der Waals surface area contributed by atoms with Gasteiger partial charge >= 0.3 is 15.6 Å². The summed E-state index contributed by atoms with van der Waals surface area (Å²) in [6.07, 6.45) is 0.354. The van der Waals surface area contributed by atoms with Gasteiger partial charge in [0.1, 0.15) is 11.6 Å². The number of amides is 1. The highest BCUT2D eigenvalue weighted by atomic mass is 32.2. The third-order valence-electron chi connectivity index (χ3n) is 7.27. The quantitative estimate of drug-likeness (QED) is 0.153. The van der Waals surface area contributed by atoms with Crippen molar-refractivity contribution in [3.05, 3.63) is 83.2 Å². The molecule has 2 aliphatic rings. The fraction of sp³-hybridized carbons (Fsp3) is 0.286. The second-order valence-corrected chi connectivity index (χ2v) is 15.6. The molecule has 0 unspecified atom stereocenters. The molecule has 0 saturated carbocycles. The molecular weight excluding hydrogens is 578 g/mol. The molecule has 0 saturated heterocycles. The Labute approximate surface area is 238 Å². The summed E-state index contributed by atoms with van der Waals surface area (Å²) in [6.45, 7) is 0.466. The van der Waals surface area contributed by atoms with E-state index in [1.165, 1.54) is 6.07 Å². The maximum Gasteiger partial charge on any atom is 0.534 e. The van der Waals surface area contributed by atoms with E-state index in [1.807, 2.05) is 24.3 Å². The van der Waals surface area contributed by atoms with Gasteiger partial charge in [0.05, 0.1) is 30.3 Å². The molecule has 2 atom stereocenters. The zero-order valence-corrected chi connectivity index (χ0v) is 23.4. The molecule has 4 aromatic rings. The number of carbonyl (C=O) groups is 1. The van der Waals surface area contributed by atoms with Crippen LogP contribution in [-0.4, -0.2) is 54.6 Å². The molecule has 214 valence electrons. The molecule has 0 aliphatic carbocycles. The fourth-order valence-electron chi connectivity index (χ4n) is 5.57. The molecule has 1 aromatic heterocycles. The van der Waals surface area contributed by atoms with Crippen LogP contribution in [0.2, 0.25) is 0 Å². The minimum atomic E-state index is -6.12. The lowest BCUT2D eigenvalue weighted by Crippen LogP contribution is -2.31. The van der Waals surface area contributed by atoms with Crippen molar-refractivity contribution in [2.75, 3.05) is 20.3 Å². The first kappa shape index (κ1) is 24.0. The van der Waals surface area contributed by atoms with E-state index in [0.717, 1.165) is 28.8 Å². The van der Waals surface area contributed by atoms with Crippen molar-refractivity contribution >= 4 is 34.2 Å². The Kier molecular flexibility index (Phi) is 5.38. The topological polar surface area (TPSA) is 98.6 Å². The first-order valence-electron chi connectivity index (χ1n) is 14.0. The number of benzene rings is 3. The van der Waals surface area contributed by atoms with Crippen molar-refractivity contribution in [1.29, 1.82) is 0 Å². The average Bonchev–Trinajstić information content (AvgIpc) is 3.39. The summed E-state index contributed by atoms with van der Waals surface area (Å²) in [6, 6.07) is 14.1. The normalized spacial score (nSPS) is 20.2. The molecule has 0 spiro atoms. The number of carbonyl (C=O) groups excluding carboxylic acids is 1. The minimum Gasteiger partial charge on any atom is -0.376 e. The van der Waals surface area contributed by atoms with E-state index in [-0.39, 0.29) is 23.4 Å². The largest absolute Gasteiger partial charge is 0.534 e. The Hall–Kier alpha value is -3.63. The number of aromatic nitrogens is 2. The van der Waals surface area contributed by atoms with Crippen LogP contribution in [0, 0.1) is 0 Å². The molecule has 8 nitrogen and oxygen atoms in total. The van der Waals surface area contributed by atoms with Gasteiger partial charge in [0.25, 0.3) is 5.91 Å². The third kappa shape index (κ3) is 4.63. The first-order valence-corrected chi connectivity index (χ1v) is 16.7. The van der Waals surface area contributed by atoms with Crippen LogP contribution < -0.4 is 4.18 Å². The summed E-state index contributed by atoms with van der Waals surface area (Å²) in [7, 11) is -8.40. The summed E-state index contributed by atoms with van der Waals surface area (Å²) in [5.41, 5.74) is -2.80. The number of rotatable bonds is 5. The molecule has 41 heavy (non-hydrogen) atoms. The predicted octanol–water partition coefficient (Wildman–Crippen LogP) is 6.17. The lowest BCUT2D eigenvalue weighted by molar-refractivity contribution is -0.0500. The summed E-state index contributed by atoms with van der Waals surface area (Å²) in [5, 5.41) is 0. The number of halogens is 3. The highest BCUT2D eigenvalue weighted by Crippen LogP contribution is 2.50. The van der Waals surface area contributed by atoms with E-state index in [4.69, 9.17) is 4.11 Å². The van der Waals surface area contributed by atoms with Gasteiger partial charge in [-0.15, -0.1) is 0 Å². The molecular formula is C28H25F3N3O5PS. The molecule has 0 radical (unpaired) electrons. The number of hydrogen-bond donors (Lipinski definition) is 0. The van der Waals surface area contributed by atoms with Crippen LogP contribution in [0.4, 0.5) is 13.2 Å². The first-order chi connectivity index (χ1) is 20.4. The number of imidazole rings is 1. The van der Waals surface area contributed by atoms with Crippen molar-refractivity contribution in [2.24, 2.45) is 0 Å². The molecule has 1 amide bonds. The maximum atomic E-state index is 13.7. The molecule has 0 fully saturated rings. The highest BCUT2D eigenvalue weighted by molar-refractivity contribution is 7.88.